The van der Waals surface area contributed by atoms with Gasteiger partial charge in [-0.15, -0.1) is 11.8 Å². The number of rotatable bonds is 8. The molecule has 0 saturated carbocycles. The second-order valence-corrected chi connectivity index (χ2v) is 8.38. The number of nitrogens with zero attached hydrogens (tertiary/aromatic N) is 2. The average Bonchev–Trinajstić information content (AvgIpc) is 2.71. The summed E-state index contributed by atoms with van der Waals surface area (Å²) in [5.74, 6) is 1.16. The highest BCUT2D eigenvalue weighted by molar-refractivity contribution is 8.00. The van der Waals surface area contributed by atoms with Gasteiger partial charge in [-0.25, -0.2) is 4.98 Å². The third kappa shape index (κ3) is 5.21. The van der Waals surface area contributed by atoms with Crippen LogP contribution in [0.1, 0.15) is 25.2 Å². The number of ether oxygens (including phenoxy) is 2. The lowest BCUT2D eigenvalue weighted by Crippen LogP contribution is -2.26. The molecule has 0 N–H and O–H groups in total. The van der Waals surface area contributed by atoms with Crippen molar-refractivity contribution in [1.29, 1.82) is 0 Å². The number of fused-ring (bicyclic) bond motifs is 1. The number of hydrogen-bond donors (Lipinski definition) is 0. The fourth-order valence-corrected chi connectivity index (χ4v) is 3.95. The zero-order chi connectivity index (χ0) is 21.7. The minimum Gasteiger partial charge on any atom is -0.492 e. The van der Waals surface area contributed by atoms with Gasteiger partial charge < -0.3 is 9.47 Å². The predicted molar refractivity (Wildman–Crippen MR) is 119 cm³/mol. The highest BCUT2D eigenvalue weighted by Gasteiger charge is 2.15. The number of hydrogen-bond acceptors (Lipinski definition) is 6. The lowest BCUT2D eigenvalue weighted by atomic mass is 10.2. The molecule has 158 valence electrons. The Bertz CT molecular complexity index is 1090. The van der Waals surface area contributed by atoms with Gasteiger partial charge in [-0.05, 0) is 69.7 Å². The van der Waals surface area contributed by atoms with E-state index in [4.69, 9.17) is 9.47 Å². The quantitative estimate of drug-likeness (QED) is 0.398. The molecule has 0 bridgehead atoms. The normalized spacial score (nSPS) is 12.0. The number of esters is 1. The summed E-state index contributed by atoms with van der Waals surface area (Å²) in [5.41, 5.74) is 1.74. The highest BCUT2D eigenvalue weighted by Crippen LogP contribution is 2.26. The molecule has 1 aromatic heterocycles. The van der Waals surface area contributed by atoms with E-state index in [2.05, 4.69) is 4.98 Å². The van der Waals surface area contributed by atoms with Gasteiger partial charge in [0.1, 0.15) is 23.4 Å². The summed E-state index contributed by atoms with van der Waals surface area (Å²) in [6.07, 6.45) is 0. The van der Waals surface area contributed by atoms with Crippen molar-refractivity contribution in [2.45, 2.75) is 44.4 Å². The van der Waals surface area contributed by atoms with Crippen molar-refractivity contribution in [2.24, 2.45) is 0 Å². The van der Waals surface area contributed by atoms with Gasteiger partial charge in [-0.2, -0.15) is 0 Å². The standard InChI is InChI=1S/C23H26N2O4S/c1-5-28-23(27)16(3)30-19-9-7-18(8-10-19)29-13-12-25-17(4)24-21-14-15(2)6-11-20(21)22(25)26/h6-11,14,16H,5,12-13H2,1-4H3. The third-order valence-corrected chi connectivity index (χ3v) is 5.73. The van der Waals surface area contributed by atoms with Crippen molar-refractivity contribution >= 4 is 28.6 Å². The van der Waals surface area contributed by atoms with Crippen LogP contribution in [0, 0.1) is 13.8 Å². The third-order valence-electron chi connectivity index (χ3n) is 4.64. The molecule has 1 heterocycles. The average molecular weight is 427 g/mol. The Morgan fingerprint density at radius 1 is 1.17 bits per heavy atom. The minimum atomic E-state index is -0.268. The largest absolute Gasteiger partial charge is 0.492 e. The van der Waals surface area contributed by atoms with Crippen molar-refractivity contribution in [2.75, 3.05) is 13.2 Å². The van der Waals surface area contributed by atoms with E-state index in [9.17, 15) is 9.59 Å². The molecule has 1 unspecified atom stereocenters. The van der Waals surface area contributed by atoms with E-state index in [1.807, 2.05) is 63.2 Å². The Morgan fingerprint density at radius 3 is 2.60 bits per heavy atom. The first-order chi connectivity index (χ1) is 14.4. The first-order valence-corrected chi connectivity index (χ1v) is 10.8. The monoisotopic (exact) mass is 426 g/mol. The smallest absolute Gasteiger partial charge is 0.319 e. The second-order valence-electron chi connectivity index (χ2n) is 6.97. The Kier molecular flexibility index (Phi) is 7.15. The van der Waals surface area contributed by atoms with Crippen molar-refractivity contribution in [3.63, 3.8) is 0 Å². The van der Waals surface area contributed by atoms with Gasteiger partial charge in [-0.3, -0.25) is 14.2 Å². The molecule has 6 nitrogen and oxygen atoms in total. The van der Waals surface area contributed by atoms with E-state index in [1.165, 1.54) is 11.8 Å². The van der Waals surface area contributed by atoms with Crippen LogP contribution < -0.4 is 10.3 Å². The maximum atomic E-state index is 12.8. The molecule has 0 aliphatic carbocycles. The van der Waals surface area contributed by atoms with Gasteiger partial charge in [0.25, 0.3) is 5.56 Å². The van der Waals surface area contributed by atoms with E-state index < -0.39 is 0 Å². The number of aryl methyl sites for hydroxylation is 2. The number of carbonyl (C=O) groups is 1. The van der Waals surface area contributed by atoms with Gasteiger partial charge in [0.2, 0.25) is 0 Å². The van der Waals surface area contributed by atoms with Crippen molar-refractivity contribution in [3.05, 3.63) is 64.2 Å². The summed E-state index contributed by atoms with van der Waals surface area (Å²) in [4.78, 5) is 30.0. The van der Waals surface area contributed by atoms with Gasteiger partial charge in [0, 0.05) is 4.90 Å². The maximum absolute atomic E-state index is 12.8. The summed E-state index contributed by atoms with van der Waals surface area (Å²) >= 11 is 1.44. The van der Waals surface area contributed by atoms with Gasteiger partial charge in [0.15, 0.2) is 0 Å². The molecule has 0 amide bonds. The Labute approximate surface area is 180 Å². The number of aromatic nitrogens is 2. The molecule has 0 spiro atoms. The molecule has 2 aromatic carbocycles. The van der Waals surface area contributed by atoms with Crippen LogP contribution in [0.25, 0.3) is 10.9 Å². The molecule has 0 fully saturated rings. The summed E-state index contributed by atoms with van der Waals surface area (Å²) in [7, 11) is 0. The molecule has 0 aliphatic rings. The molecule has 3 rings (SSSR count). The highest BCUT2D eigenvalue weighted by atomic mass is 32.2. The zero-order valence-corrected chi connectivity index (χ0v) is 18.5. The molecule has 1 atom stereocenters. The first-order valence-electron chi connectivity index (χ1n) is 9.93. The zero-order valence-electron chi connectivity index (χ0n) is 17.7. The van der Waals surface area contributed by atoms with Crippen molar-refractivity contribution < 1.29 is 14.3 Å². The topological polar surface area (TPSA) is 70.4 Å². The SMILES string of the molecule is CCOC(=O)C(C)Sc1ccc(OCCn2c(C)nc3cc(C)ccc3c2=O)cc1. The fraction of sp³-hybridized carbons (Fsp3) is 0.348. The molecular formula is C23H26N2O4S. The van der Waals surface area contributed by atoms with Crippen LogP contribution in [0.15, 0.2) is 52.2 Å². The van der Waals surface area contributed by atoms with Gasteiger partial charge in [0.05, 0.1) is 24.1 Å². The lowest BCUT2D eigenvalue weighted by Gasteiger charge is -2.13. The van der Waals surface area contributed by atoms with Crippen LogP contribution in [0.3, 0.4) is 0 Å². The van der Waals surface area contributed by atoms with Crippen LogP contribution in [-0.4, -0.2) is 34.0 Å². The molecule has 30 heavy (non-hydrogen) atoms. The van der Waals surface area contributed by atoms with Gasteiger partial charge in [-0.1, -0.05) is 6.07 Å². The number of benzene rings is 2. The second kappa shape index (κ2) is 9.80. The Morgan fingerprint density at radius 2 is 1.90 bits per heavy atom. The van der Waals surface area contributed by atoms with Crippen LogP contribution in [0.5, 0.6) is 5.75 Å². The van der Waals surface area contributed by atoms with Crippen LogP contribution >= 0.6 is 11.8 Å². The van der Waals surface area contributed by atoms with E-state index >= 15 is 0 Å². The van der Waals surface area contributed by atoms with E-state index in [1.54, 1.807) is 11.5 Å². The fourth-order valence-electron chi connectivity index (χ4n) is 3.09. The van der Waals surface area contributed by atoms with Crippen molar-refractivity contribution in [1.82, 2.24) is 9.55 Å². The summed E-state index contributed by atoms with van der Waals surface area (Å²) in [6, 6.07) is 13.2. The van der Waals surface area contributed by atoms with Crippen LogP contribution in [0.2, 0.25) is 0 Å². The van der Waals surface area contributed by atoms with Gasteiger partial charge >= 0.3 is 5.97 Å². The minimum absolute atomic E-state index is 0.0548. The Hall–Kier alpha value is -2.80. The number of carbonyl (C=O) groups excluding carboxylic acids is 1. The molecule has 0 radical (unpaired) electrons. The molecule has 0 saturated heterocycles. The first kappa shape index (κ1) is 21.9. The molecule has 0 aliphatic heterocycles. The molecule has 3 aromatic rings. The van der Waals surface area contributed by atoms with Crippen molar-refractivity contribution in [3.8, 4) is 5.75 Å². The van der Waals surface area contributed by atoms with E-state index in [0.29, 0.717) is 36.7 Å². The van der Waals surface area contributed by atoms with Crippen LogP contribution in [0.4, 0.5) is 0 Å². The summed E-state index contributed by atoms with van der Waals surface area (Å²) < 4.78 is 12.5. The summed E-state index contributed by atoms with van der Waals surface area (Å²) in [5, 5.41) is 0.346. The summed E-state index contributed by atoms with van der Waals surface area (Å²) in [6.45, 7) is 8.59. The lowest BCUT2D eigenvalue weighted by molar-refractivity contribution is -0.142. The van der Waals surface area contributed by atoms with E-state index in [0.717, 1.165) is 16.0 Å². The molecule has 7 heteroatoms. The van der Waals surface area contributed by atoms with E-state index in [-0.39, 0.29) is 16.8 Å². The molecular weight excluding hydrogens is 400 g/mol. The van der Waals surface area contributed by atoms with Crippen LogP contribution in [-0.2, 0) is 16.1 Å². The number of thioether (sulfide) groups is 1. The predicted octanol–water partition coefficient (Wildman–Crippen LogP) is 4.14. The Balaban J connectivity index is 1.61. The maximum Gasteiger partial charge on any atom is 0.319 e.